The molecule has 2 aromatic carbocycles. The molecule has 0 aromatic heterocycles. The van der Waals surface area contributed by atoms with Crippen LogP contribution >= 0.6 is 34.2 Å². The van der Waals surface area contributed by atoms with Gasteiger partial charge >= 0.3 is 0 Å². The van der Waals surface area contributed by atoms with E-state index in [2.05, 4.69) is 27.9 Å². The molecule has 0 heterocycles. The Morgan fingerprint density at radius 1 is 1.24 bits per heavy atom. The number of benzene rings is 2. The zero-order valence-corrected chi connectivity index (χ0v) is 13.9. The minimum atomic E-state index is -0.661. The Labute approximate surface area is 139 Å². The fraction of sp³-hybridized carbons (Fsp3) is 0.133. The SMILES string of the molecule is CC(NC(=O)c1ccc(I)c(Cl)c1)c1cc(F)ccc1F. The molecular weight excluding hydrogens is 411 g/mol. The lowest BCUT2D eigenvalue weighted by atomic mass is 10.1. The third-order valence-electron chi connectivity index (χ3n) is 2.95. The predicted molar refractivity (Wildman–Crippen MR) is 86.4 cm³/mol. The number of carbonyl (C=O) groups is 1. The fourth-order valence-corrected chi connectivity index (χ4v) is 2.36. The van der Waals surface area contributed by atoms with E-state index in [1.807, 2.05) is 0 Å². The predicted octanol–water partition coefficient (Wildman–Crippen LogP) is 4.71. The van der Waals surface area contributed by atoms with Crippen molar-refractivity contribution in [2.45, 2.75) is 13.0 Å². The molecule has 6 heteroatoms. The van der Waals surface area contributed by atoms with Crippen LogP contribution in [0.2, 0.25) is 5.02 Å². The van der Waals surface area contributed by atoms with Crippen molar-refractivity contribution in [2.24, 2.45) is 0 Å². The lowest BCUT2D eigenvalue weighted by molar-refractivity contribution is 0.0939. The Balaban J connectivity index is 2.18. The number of rotatable bonds is 3. The minimum absolute atomic E-state index is 0.0972. The van der Waals surface area contributed by atoms with Crippen molar-refractivity contribution in [3.05, 3.63) is 67.8 Å². The summed E-state index contributed by atoms with van der Waals surface area (Å²) < 4.78 is 27.6. The van der Waals surface area contributed by atoms with Crippen LogP contribution in [0.25, 0.3) is 0 Å². The van der Waals surface area contributed by atoms with Crippen LogP contribution in [0.1, 0.15) is 28.9 Å². The Morgan fingerprint density at radius 3 is 2.62 bits per heavy atom. The molecule has 1 atom stereocenters. The smallest absolute Gasteiger partial charge is 0.251 e. The summed E-state index contributed by atoms with van der Waals surface area (Å²) in [5, 5.41) is 3.09. The monoisotopic (exact) mass is 421 g/mol. The summed E-state index contributed by atoms with van der Waals surface area (Å²) in [6, 6.07) is 7.35. The summed E-state index contributed by atoms with van der Waals surface area (Å²) in [5.41, 5.74) is 0.462. The Hall–Kier alpha value is -1.21. The van der Waals surface area contributed by atoms with Crippen molar-refractivity contribution in [2.75, 3.05) is 0 Å². The first kappa shape index (κ1) is 16.2. The second kappa shape index (κ2) is 6.70. The first-order valence-corrected chi connectivity index (χ1v) is 7.55. The van der Waals surface area contributed by atoms with E-state index in [1.54, 1.807) is 19.1 Å². The van der Waals surface area contributed by atoms with Gasteiger partial charge in [0.25, 0.3) is 5.91 Å². The average Bonchev–Trinajstić information content (AvgIpc) is 2.44. The fourth-order valence-electron chi connectivity index (χ4n) is 1.84. The van der Waals surface area contributed by atoms with Gasteiger partial charge in [0.1, 0.15) is 11.6 Å². The normalized spacial score (nSPS) is 12.0. The number of amides is 1. The van der Waals surface area contributed by atoms with E-state index in [-0.39, 0.29) is 5.56 Å². The first-order valence-electron chi connectivity index (χ1n) is 6.09. The lowest BCUT2D eigenvalue weighted by Crippen LogP contribution is -2.27. The molecule has 2 aromatic rings. The minimum Gasteiger partial charge on any atom is -0.345 e. The lowest BCUT2D eigenvalue weighted by Gasteiger charge is -2.15. The summed E-state index contributed by atoms with van der Waals surface area (Å²) in [6.07, 6.45) is 0. The summed E-state index contributed by atoms with van der Waals surface area (Å²) >= 11 is 8.01. The van der Waals surface area contributed by atoms with Gasteiger partial charge in [0.2, 0.25) is 0 Å². The highest BCUT2D eigenvalue weighted by molar-refractivity contribution is 14.1. The van der Waals surface area contributed by atoms with E-state index in [4.69, 9.17) is 11.6 Å². The highest BCUT2D eigenvalue weighted by atomic mass is 127. The van der Waals surface area contributed by atoms with Crippen LogP contribution in [0, 0.1) is 15.2 Å². The van der Waals surface area contributed by atoms with Gasteiger partial charge < -0.3 is 5.32 Å². The molecule has 2 nitrogen and oxygen atoms in total. The van der Waals surface area contributed by atoms with Gasteiger partial charge in [0.05, 0.1) is 11.1 Å². The first-order chi connectivity index (χ1) is 9.88. The van der Waals surface area contributed by atoms with Gasteiger partial charge in [-0.3, -0.25) is 4.79 Å². The third-order valence-corrected chi connectivity index (χ3v) is 4.53. The van der Waals surface area contributed by atoms with Crippen LogP contribution in [-0.4, -0.2) is 5.91 Å². The van der Waals surface area contributed by atoms with E-state index in [0.29, 0.717) is 10.6 Å². The second-order valence-corrected chi connectivity index (χ2v) is 6.06. The Morgan fingerprint density at radius 2 is 1.95 bits per heavy atom. The van der Waals surface area contributed by atoms with E-state index in [0.717, 1.165) is 21.8 Å². The van der Waals surface area contributed by atoms with Gasteiger partial charge in [0, 0.05) is 14.7 Å². The zero-order chi connectivity index (χ0) is 15.6. The molecule has 0 saturated carbocycles. The van der Waals surface area contributed by atoms with Crippen molar-refractivity contribution in [1.29, 1.82) is 0 Å². The molecule has 0 aliphatic rings. The third kappa shape index (κ3) is 3.91. The van der Waals surface area contributed by atoms with Gasteiger partial charge in [-0.15, -0.1) is 0 Å². The number of halogens is 4. The highest BCUT2D eigenvalue weighted by Crippen LogP contribution is 2.21. The molecule has 21 heavy (non-hydrogen) atoms. The number of nitrogens with one attached hydrogen (secondary N) is 1. The number of hydrogen-bond acceptors (Lipinski definition) is 1. The van der Waals surface area contributed by atoms with Crippen molar-refractivity contribution in [1.82, 2.24) is 5.32 Å². The van der Waals surface area contributed by atoms with Gasteiger partial charge in [-0.25, -0.2) is 8.78 Å². The van der Waals surface area contributed by atoms with Crippen LogP contribution in [0.3, 0.4) is 0 Å². The summed E-state index contributed by atoms with van der Waals surface area (Å²) in [6.45, 7) is 1.59. The molecule has 0 bridgehead atoms. The van der Waals surface area contributed by atoms with Crippen LogP contribution in [0.15, 0.2) is 36.4 Å². The van der Waals surface area contributed by atoms with Crippen LogP contribution < -0.4 is 5.32 Å². The molecule has 110 valence electrons. The molecule has 0 radical (unpaired) electrons. The quantitative estimate of drug-likeness (QED) is 0.714. The summed E-state index contributed by atoms with van der Waals surface area (Å²) in [5.74, 6) is -1.51. The van der Waals surface area contributed by atoms with E-state index >= 15 is 0 Å². The zero-order valence-electron chi connectivity index (χ0n) is 11.0. The van der Waals surface area contributed by atoms with Crippen molar-refractivity contribution in [3.8, 4) is 0 Å². The van der Waals surface area contributed by atoms with Gasteiger partial charge in [-0.1, -0.05) is 11.6 Å². The van der Waals surface area contributed by atoms with E-state index < -0.39 is 23.6 Å². The molecule has 0 aliphatic heterocycles. The van der Waals surface area contributed by atoms with Crippen LogP contribution in [0.5, 0.6) is 0 Å². The maximum Gasteiger partial charge on any atom is 0.251 e. The molecule has 1 amide bonds. The standard InChI is InChI=1S/C15H11ClF2INO/c1-8(11-7-10(17)3-4-13(11)18)20-15(21)9-2-5-14(19)12(16)6-9/h2-8H,1H3,(H,20,21). The maximum atomic E-state index is 13.6. The van der Waals surface area contributed by atoms with Gasteiger partial charge in [-0.2, -0.15) is 0 Å². The molecule has 0 saturated heterocycles. The van der Waals surface area contributed by atoms with Crippen molar-refractivity contribution < 1.29 is 13.6 Å². The summed E-state index contributed by atoms with van der Waals surface area (Å²) in [7, 11) is 0. The average molecular weight is 422 g/mol. The van der Waals surface area contributed by atoms with Crippen LogP contribution in [0.4, 0.5) is 8.78 Å². The highest BCUT2D eigenvalue weighted by Gasteiger charge is 2.16. The van der Waals surface area contributed by atoms with Crippen molar-refractivity contribution in [3.63, 3.8) is 0 Å². The molecule has 0 spiro atoms. The molecule has 1 N–H and O–H groups in total. The number of hydrogen-bond donors (Lipinski definition) is 1. The van der Waals surface area contributed by atoms with Gasteiger partial charge in [-0.05, 0) is 65.9 Å². The van der Waals surface area contributed by atoms with Gasteiger partial charge in [0.15, 0.2) is 0 Å². The number of carbonyl (C=O) groups excluding carboxylic acids is 1. The van der Waals surface area contributed by atoms with Crippen LogP contribution in [-0.2, 0) is 0 Å². The van der Waals surface area contributed by atoms with E-state index in [1.165, 1.54) is 6.07 Å². The maximum absolute atomic E-state index is 13.6. The topological polar surface area (TPSA) is 29.1 Å². The molecular formula is C15H11ClF2INO. The van der Waals surface area contributed by atoms with Crippen molar-refractivity contribution >= 4 is 40.1 Å². The summed E-state index contributed by atoms with van der Waals surface area (Å²) in [4.78, 5) is 12.1. The second-order valence-electron chi connectivity index (χ2n) is 4.49. The Kier molecular flexibility index (Phi) is 5.16. The molecule has 2 rings (SSSR count). The molecule has 0 aliphatic carbocycles. The molecule has 1 unspecified atom stereocenters. The van der Waals surface area contributed by atoms with E-state index in [9.17, 15) is 13.6 Å². The molecule has 0 fully saturated rings. The largest absolute Gasteiger partial charge is 0.345 e. The Bertz CT molecular complexity index is 693.